The summed E-state index contributed by atoms with van der Waals surface area (Å²) in [5.74, 6) is 1.73. The number of hydrogen-bond donors (Lipinski definition) is 2. The molecule has 0 aromatic rings. The van der Waals surface area contributed by atoms with E-state index in [2.05, 4.69) is 33.0 Å². The lowest BCUT2D eigenvalue weighted by atomic mass is 9.70. The second-order valence-electron chi connectivity index (χ2n) is 6.78. The second kappa shape index (κ2) is 6.75. The van der Waals surface area contributed by atoms with Crippen molar-refractivity contribution in [3.63, 3.8) is 0 Å². The Morgan fingerprint density at radius 1 is 1.18 bits per heavy atom. The Morgan fingerprint density at radius 3 is 2.18 bits per heavy atom. The minimum absolute atomic E-state index is 0.272. The molecule has 0 aromatic carbocycles. The van der Waals surface area contributed by atoms with Gasteiger partial charge >= 0.3 is 0 Å². The van der Waals surface area contributed by atoms with Crippen molar-refractivity contribution in [2.24, 2.45) is 17.3 Å². The zero-order valence-electron chi connectivity index (χ0n) is 12.1. The zero-order chi connectivity index (χ0) is 12.9. The number of nitrogens with one attached hydrogen (secondary N) is 1. The highest BCUT2D eigenvalue weighted by atomic mass is 16.3. The Labute approximate surface area is 107 Å². The van der Waals surface area contributed by atoms with Crippen LogP contribution in [0.25, 0.3) is 0 Å². The normalized spacial score (nSPS) is 28.1. The first-order chi connectivity index (χ1) is 7.97. The van der Waals surface area contributed by atoms with Crippen molar-refractivity contribution in [3.05, 3.63) is 0 Å². The van der Waals surface area contributed by atoms with E-state index in [-0.39, 0.29) is 6.61 Å². The molecule has 0 heterocycles. The molecule has 0 amide bonds. The van der Waals surface area contributed by atoms with Crippen LogP contribution in [0, 0.1) is 17.3 Å². The number of hydrogen-bond acceptors (Lipinski definition) is 2. The summed E-state index contributed by atoms with van der Waals surface area (Å²) in [5, 5.41) is 12.6. The fourth-order valence-electron chi connectivity index (χ4n) is 2.90. The minimum Gasteiger partial charge on any atom is -0.395 e. The van der Waals surface area contributed by atoms with Crippen LogP contribution in [0.15, 0.2) is 0 Å². The van der Waals surface area contributed by atoms with Gasteiger partial charge in [-0.3, -0.25) is 0 Å². The van der Waals surface area contributed by atoms with Gasteiger partial charge in [0.2, 0.25) is 0 Å². The monoisotopic (exact) mass is 241 g/mol. The zero-order valence-corrected chi connectivity index (χ0v) is 12.1. The molecule has 1 unspecified atom stereocenters. The van der Waals surface area contributed by atoms with E-state index in [0.29, 0.717) is 11.5 Å². The summed E-state index contributed by atoms with van der Waals surface area (Å²) in [6.45, 7) is 10.6. The van der Waals surface area contributed by atoms with Gasteiger partial charge in [-0.05, 0) is 55.9 Å². The van der Waals surface area contributed by atoms with Gasteiger partial charge in [0.05, 0.1) is 6.61 Å². The third-order valence-electron chi connectivity index (χ3n) is 4.48. The van der Waals surface area contributed by atoms with Crippen LogP contribution in [0.4, 0.5) is 0 Å². The van der Waals surface area contributed by atoms with Crippen LogP contribution in [0.1, 0.15) is 59.8 Å². The lowest BCUT2D eigenvalue weighted by molar-refractivity contribution is 0.144. The SMILES string of the molecule is CCC(CO)NCC1CCC(C(C)(C)C)CC1. The van der Waals surface area contributed by atoms with Gasteiger partial charge in [0.25, 0.3) is 0 Å². The van der Waals surface area contributed by atoms with Gasteiger partial charge in [-0.2, -0.15) is 0 Å². The molecule has 1 saturated carbocycles. The summed E-state index contributed by atoms with van der Waals surface area (Å²) in [5.41, 5.74) is 0.482. The average Bonchev–Trinajstić information content (AvgIpc) is 2.30. The number of rotatable bonds is 5. The number of aliphatic hydroxyl groups excluding tert-OH is 1. The van der Waals surface area contributed by atoms with Crippen LogP contribution in [0.3, 0.4) is 0 Å². The molecule has 0 saturated heterocycles. The van der Waals surface area contributed by atoms with Crippen molar-refractivity contribution in [2.45, 2.75) is 65.8 Å². The maximum absolute atomic E-state index is 9.14. The summed E-state index contributed by atoms with van der Waals surface area (Å²) in [6, 6.07) is 0.301. The van der Waals surface area contributed by atoms with Gasteiger partial charge in [-0.25, -0.2) is 0 Å². The van der Waals surface area contributed by atoms with E-state index < -0.39 is 0 Å². The molecule has 17 heavy (non-hydrogen) atoms. The predicted octanol–water partition coefficient (Wildman–Crippen LogP) is 3.20. The molecule has 102 valence electrons. The van der Waals surface area contributed by atoms with Crippen LogP contribution in [0.5, 0.6) is 0 Å². The Morgan fingerprint density at radius 2 is 1.76 bits per heavy atom. The maximum atomic E-state index is 9.14. The van der Waals surface area contributed by atoms with E-state index in [1.807, 2.05) is 0 Å². The molecule has 0 radical (unpaired) electrons. The van der Waals surface area contributed by atoms with Gasteiger partial charge < -0.3 is 10.4 Å². The third-order valence-corrected chi connectivity index (χ3v) is 4.48. The van der Waals surface area contributed by atoms with Gasteiger partial charge in [0.15, 0.2) is 0 Å². The average molecular weight is 241 g/mol. The van der Waals surface area contributed by atoms with Crippen molar-refractivity contribution in [3.8, 4) is 0 Å². The van der Waals surface area contributed by atoms with Gasteiger partial charge in [-0.15, -0.1) is 0 Å². The first-order valence-electron chi connectivity index (χ1n) is 7.31. The summed E-state index contributed by atoms with van der Waals surface area (Å²) in [7, 11) is 0. The highest BCUT2D eigenvalue weighted by Crippen LogP contribution is 2.39. The maximum Gasteiger partial charge on any atom is 0.0584 e. The topological polar surface area (TPSA) is 32.3 Å². The molecule has 1 aliphatic rings. The Bertz CT molecular complexity index is 197. The second-order valence-corrected chi connectivity index (χ2v) is 6.78. The summed E-state index contributed by atoms with van der Waals surface area (Å²) >= 11 is 0. The van der Waals surface area contributed by atoms with Crippen LogP contribution in [0.2, 0.25) is 0 Å². The van der Waals surface area contributed by atoms with Gasteiger partial charge in [0, 0.05) is 6.04 Å². The molecule has 1 rings (SSSR count). The quantitative estimate of drug-likeness (QED) is 0.775. The highest BCUT2D eigenvalue weighted by Gasteiger charge is 2.29. The van der Waals surface area contributed by atoms with E-state index in [0.717, 1.165) is 24.8 Å². The van der Waals surface area contributed by atoms with Crippen LogP contribution < -0.4 is 5.32 Å². The van der Waals surface area contributed by atoms with Crippen LogP contribution in [-0.4, -0.2) is 24.3 Å². The van der Waals surface area contributed by atoms with E-state index in [1.54, 1.807) is 0 Å². The molecule has 0 aromatic heterocycles. The number of aliphatic hydroxyl groups is 1. The Balaban J connectivity index is 2.23. The van der Waals surface area contributed by atoms with Crippen molar-refractivity contribution in [1.82, 2.24) is 5.32 Å². The molecule has 2 nitrogen and oxygen atoms in total. The summed E-state index contributed by atoms with van der Waals surface area (Å²) in [4.78, 5) is 0. The fraction of sp³-hybridized carbons (Fsp3) is 1.00. The standard InChI is InChI=1S/C15H31NO/c1-5-14(11-17)16-10-12-6-8-13(9-7-12)15(2,3)4/h12-14,16-17H,5-11H2,1-4H3. The van der Waals surface area contributed by atoms with Crippen molar-refractivity contribution < 1.29 is 5.11 Å². The molecular weight excluding hydrogens is 210 g/mol. The lowest BCUT2D eigenvalue weighted by Crippen LogP contribution is -2.37. The van der Waals surface area contributed by atoms with E-state index in [9.17, 15) is 0 Å². The van der Waals surface area contributed by atoms with E-state index in [4.69, 9.17) is 5.11 Å². The van der Waals surface area contributed by atoms with Crippen LogP contribution >= 0.6 is 0 Å². The molecule has 2 N–H and O–H groups in total. The van der Waals surface area contributed by atoms with Gasteiger partial charge in [-0.1, -0.05) is 27.7 Å². The fourth-order valence-corrected chi connectivity index (χ4v) is 2.90. The molecule has 0 spiro atoms. The Kier molecular flexibility index (Phi) is 5.94. The third kappa shape index (κ3) is 4.97. The predicted molar refractivity (Wildman–Crippen MR) is 74.1 cm³/mol. The molecule has 1 atom stereocenters. The molecule has 0 bridgehead atoms. The molecule has 1 fully saturated rings. The van der Waals surface area contributed by atoms with Crippen molar-refractivity contribution in [2.75, 3.05) is 13.2 Å². The van der Waals surface area contributed by atoms with Crippen molar-refractivity contribution >= 4 is 0 Å². The molecule has 0 aliphatic heterocycles. The molecular formula is C15H31NO. The van der Waals surface area contributed by atoms with Crippen molar-refractivity contribution in [1.29, 1.82) is 0 Å². The van der Waals surface area contributed by atoms with Gasteiger partial charge in [0.1, 0.15) is 0 Å². The van der Waals surface area contributed by atoms with E-state index in [1.165, 1.54) is 25.7 Å². The van der Waals surface area contributed by atoms with Crippen LogP contribution in [-0.2, 0) is 0 Å². The molecule has 2 heteroatoms. The molecule has 1 aliphatic carbocycles. The van der Waals surface area contributed by atoms with E-state index >= 15 is 0 Å². The summed E-state index contributed by atoms with van der Waals surface area (Å²) in [6.07, 6.45) is 6.50. The first kappa shape index (κ1) is 15.0. The lowest BCUT2D eigenvalue weighted by Gasteiger charge is -2.37. The Hall–Kier alpha value is -0.0800. The summed E-state index contributed by atoms with van der Waals surface area (Å²) < 4.78 is 0. The highest BCUT2D eigenvalue weighted by molar-refractivity contribution is 4.81. The smallest absolute Gasteiger partial charge is 0.0584 e. The first-order valence-corrected chi connectivity index (χ1v) is 7.31. The largest absolute Gasteiger partial charge is 0.395 e. The minimum atomic E-state index is 0.272.